The van der Waals surface area contributed by atoms with Gasteiger partial charge in [0, 0.05) is 5.56 Å². The van der Waals surface area contributed by atoms with E-state index in [1.165, 1.54) is 16.7 Å². The zero-order valence-corrected chi connectivity index (χ0v) is 25.4. The number of benzene rings is 2. The Labute approximate surface area is 218 Å². The van der Waals surface area contributed by atoms with Crippen molar-refractivity contribution in [1.29, 1.82) is 0 Å². The summed E-state index contributed by atoms with van der Waals surface area (Å²) in [7, 11) is 0.221. The van der Waals surface area contributed by atoms with Crippen LogP contribution < -0.4 is 9.26 Å². The maximum absolute atomic E-state index is 6.66. The zero-order valence-electron chi connectivity index (χ0n) is 24.4. The second kappa shape index (κ2) is 11.7. The molecule has 0 spiro atoms. The van der Waals surface area contributed by atoms with Crippen LogP contribution >= 0.6 is 8.81 Å². The van der Waals surface area contributed by atoms with Gasteiger partial charge >= 0.3 is 0 Å². The summed E-state index contributed by atoms with van der Waals surface area (Å²) in [5, 5.41) is -0.337. The lowest BCUT2D eigenvalue weighted by Crippen LogP contribution is -2.30. The fraction of sp³-hybridized carbons (Fsp3) is 0.625. The summed E-state index contributed by atoms with van der Waals surface area (Å²) in [6.45, 7) is 25.1. The van der Waals surface area contributed by atoms with Gasteiger partial charge in [0.2, 0.25) is 0 Å². The van der Waals surface area contributed by atoms with Crippen LogP contribution in [0.2, 0.25) is 0 Å². The predicted octanol–water partition coefficient (Wildman–Crippen LogP) is 10.3. The zero-order chi connectivity index (χ0) is 26.5. The summed E-state index contributed by atoms with van der Waals surface area (Å²) < 4.78 is 13.3. The molecular formula is C32H51O2P. The Balaban J connectivity index is 2.33. The van der Waals surface area contributed by atoms with Crippen LogP contribution in [0.3, 0.4) is 0 Å². The molecule has 1 atom stereocenters. The van der Waals surface area contributed by atoms with Crippen LogP contribution in [0.1, 0.15) is 125 Å². The van der Waals surface area contributed by atoms with Crippen molar-refractivity contribution < 1.29 is 9.26 Å². The van der Waals surface area contributed by atoms with Gasteiger partial charge in [0.05, 0.1) is 0 Å². The highest BCUT2D eigenvalue weighted by Gasteiger charge is 2.33. The molecule has 0 aliphatic carbocycles. The van der Waals surface area contributed by atoms with Crippen molar-refractivity contribution in [3.8, 4) is 11.5 Å². The quantitative estimate of drug-likeness (QED) is 0.256. The Kier molecular flexibility index (Phi) is 9.91. The lowest BCUT2D eigenvalue weighted by molar-refractivity contribution is 0.145. The molecule has 2 aromatic rings. The first kappa shape index (κ1) is 29.7. The van der Waals surface area contributed by atoms with Crippen LogP contribution in [-0.4, -0.2) is 5.34 Å². The first-order valence-electron chi connectivity index (χ1n) is 13.7. The van der Waals surface area contributed by atoms with Gasteiger partial charge in [-0.2, -0.15) is 0 Å². The van der Waals surface area contributed by atoms with E-state index in [9.17, 15) is 0 Å². The van der Waals surface area contributed by atoms with Gasteiger partial charge in [-0.3, -0.25) is 0 Å². The average molecular weight is 499 g/mol. The van der Waals surface area contributed by atoms with Crippen LogP contribution in [0.25, 0.3) is 0 Å². The fourth-order valence-electron chi connectivity index (χ4n) is 4.07. The monoisotopic (exact) mass is 498 g/mol. The highest BCUT2D eigenvalue weighted by Crippen LogP contribution is 2.45. The van der Waals surface area contributed by atoms with Crippen molar-refractivity contribution in [3.63, 3.8) is 0 Å². The van der Waals surface area contributed by atoms with Crippen LogP contribution in [-0.2, 0) is 16.2 Å². The molecular weight excluding hydrogens is 447 g/mol. The van der Waals surface area contributed by atoms with E-state index in [0.717, 1.165) is 43.6 Å². The summed E-state index contributed by atoms with van der Waals surface area (Å²) in [6.07, 6.45) is 5.08. The Hall–Kier alpha value is -1.53. The maximum Gasteiger partial charge on any atom is 0.160 e. The molecule has 1 unspecified atom stereocenters. The summed E-state index contributed by atoms with van der Waals surface area (Å²) in [4.78, 5) is 0. The molecule has 2 nitrogen and oxygen atoms in total. The summed E-state index contributed by atoms with van der Waals surface area (Å²) in [6, 6.07) is 15.5. The molecule has 2 aromatic carbocycles. The third kappa shape index (κ3) is 7.03. The average Bonchev–Trinajstić information content (AvgIpc) is 2.86. The van der Waals surface area contributed by atoms with Gasteiger partial charge in [-0.1, -0.05) is 100 Å². The van der Waals surface area contributed by atoms with Gasteiger partial charge in [0.1, 0.15) is 20.3 Å². The van der Waals surface area contributed by atoms with E-state index < -0.39 is 0 Å². The number of ether oxygens (including phenoxy) is 1. The molecule has 0 fully saturated rings. The number of hydrogen-bond donors (Lipinski definition) is 0. The standard InChI is InChI=1S/C32H51O2P/c1-12-29(6,7)24-17-20-26(21-18-24)33-32(15-4,16-5)35-34-28-22-19-25(30(8,9)13-2)23-27(28)31(10,11)14-3/h17-23,35H,12-16H2,1-11H3. The molecule has 0 saturated heterocycles. The molecule has 0 heterocycles. The summed E-state index contributed by atoms with van der Waals surface area (Å²) >= 11 is 0. The number of rotatable bonds is 13. The first-order chi connectivity index (χ1) is 16.3. The van der Waals surface area contributed by atoms with Gasteiger partial charge in [0.25, 0.3) is 0 Å². The molecule has 3 heteroatoms. The first-order valence-corrected chi connectivity index (χ1v) is 14.6. The van der Waals surface area contributed by atoms with E-state index in [1.807, 2.05) is 0 Å². The van der Waals surface area contributed by atoms with Gasteiger partial charge < -0.3 is 9.26 Å². The van der Waals surface area contributed by atoms with E-state index in [1.54, 1.807) is 0 Å². The van der Waals surface area contributed by atoms with Crippen LogP contribution in [0.4, 0.5) is 0 Å². The predicted molar refractivity (Wildman–Crippen MR) is 156 cm³/mol. The molecule has 0 bridgehead atoms. The van der Waals surface area contributed by atoms with E-state index in [0.29, 0.717) is 0 Å². The highest BCUT2D eigenvalue weighted by molar-refractivity contribution is 7.34. The van der Waals surface area contributed by atoms with Crippen LogP contribution in [0, 0.1) is 0 Å². The molecule has 0 aliphatic rings. The van der Waals surface area contributed by atoms with Gasteiger partial charge in [-0.05, 0) is 77.7 Å². The third-order valence-corrected chi connectivity index (χ3v) is 10.1. The lowest BCUT2D eigenvalue weighted by atomic mass is 9.76. The van der Waals surface area contributed by atoms with E-state index in [2.05, 4.69) is 119 Å². The molecule has 0 radical (unpaired) electrons. The number of hydrogen-bond acceptors (Lipinski definition) is 2. The maximum atomic E-state index is 6.66. The molecule has 0 amide bonds. The summed E-state index contributed by atoms with van der Waals surface area (Å²) in [5.74, 6) is 1.93. The van der Waals surface area contributed by atoms with Crippen molar-refractivity contribution >= 4 is 8.81 Å². The van der Waals surface area contributed by atoms with Gasteiger partial charge in [-0.15, -0.1) is 0 Å². The SMILES string of the molecule is CCC(CC)(Oc1ccc(C(C)(C)CC)cc1)POc1ccc(C(C)(C)CC)cc1C(C)(C)CC. The normalized spacial score (nSPS) is 13.5. The minimum atomic E-state index is -0.337. The van der Waals surface area contributed by atoms with Crippen LogP contribution in [0.5, 0.6) is 11.5 Å². The molecule has 35 heavy (non-hydrogen) atoms. The van der Waals surface area contributed by atoms with Crippen molar-refractivity contribution in [3.05, 3.63) is 59.2 Å². The summed E-state index contributed by atoms with van der Waals surface area (Å²) in [5.41, 5.74) is 4.42. The molecule has 196 valence electrons. The molecule has 0 N–H and O–H groups in total. The molecule has 0 aromatic heterocycles. The fourth-order valence-corrected chi connectivity index (χ4v) is 5.00. The minimum Gasteiger partial charge on any atom is -0.480 e. The smallest absolute Gasteiger partial charge is 0.160 e. The van der Waals surface area contributed by atoms with Gasteiger partial charge in [0.15, 0.2) is 5.34 Å². The second-order valence-electron chi connectivity index (χ2n) is 12.0. The van der Waals surface area contributed by atoms with E-state index >= 15 is 0 Å². The lowest BCUT2D eigenvalue weighted by Gasteiger charge is -2.34. The van der Waals surface area contributed by atoms with E-state index in [4.69, 9.17) is 9.26 Å². The molecule has 2 rings (SSSR count). The Morgan fingerprint density at radius 1 is 0.600 bits per heavy atom. The highest BCUT2D eigenvalue weighted by atomic mass is 31.1. The Morgan fingerprint density at radius 2 is 1.09 bits per heavy atom. The Morgan fingerprint density at radius 3 is 1.57 bits per heavy atom. The van der Waals surface area contributed by atoms with Crippen molar-refractivity contribution in [1.82, 2.24) is 0 Å². The van der Waals surface area contributed by atoms with Crippen LogP contribution in [0.15, 0.2) is 42.5 Å². The minimum absolute atomic E-state index is 0.0451. The van der Waals surface area contributed by atoms with Crippen molar-refractivity contribution in [2.75, 3.05) is 0 Å². The van der Waals surface area contributed by atoms with Crippen molar-refractivity contribution in [2.45, 2.75) is 130 Å². The largest absolute Gasteiger partial charge is 0.480 e. The van der Waals surface area contributed by atoms with Gasteiger partial charge in [-0.25, -0.2) is 0 Å². The van der Waals surface area contributed by atoms with E-state index in [-0.39, 0.29) is 30.4 Å². The molecule has 0 aliphatic heterocycles. The Bertz CT molecular complexity index is 937. The second-order valence-corrected chi connectivity index (χ2v) is 13.3. The topological polar surface area (TPSA) is 18.5 Å². The molecule has 0 saturated carbocycles. The third-order valence-electron chi connectivity index (χ3n) is 8.58. The van der Waals surface area contributed by atoms with Crippen molar-refractivity contribution in [2.24, 2.45) is 0 Å².